The molecular weight excluding hydrogens is 346 g/mol. The molecule has 27 heavy (non-hydrogen) atoms. The standard InChI is InChI=1S/C21H23NO5/c1-3-15(2)17-6-8-18(9-7-17)22-20(24)13-27-21(25)14-26-19-10-4-16(12-23)5-11-19/h4-12,15H,3,13-14H2,1-2H3,(H,22,24)/t15-/m0/s1. The van der Waals surface area contributed by atoms with Gasteiger partial charge in [-0.05, 0) is 54.3 Å². The molecule has 1 N–H and O–H groups in total. The van der Waals surface area contributed by atoms with Crippen LogP contribution in [0.5, 0.6) is 5.75 Å². The molecule has 0 fully saturated rings. The zero-order valence-corrected chi connectivity index (χ0v) is 15.4. The molecule has 0 aliphatic carbocycles. The first kappa shape index (κ1) is 20.2. The normalized spacial score (nSPS) is 11.3. The van der Waals surface area contributed by atoms with Crippen LogP contribution in [0.4, 0.5) is 5.69 Å². The van der Waals surface area contributed by atoms with Crippen LogP contribution in [0.1, 0.15) is 42.1 Å². The summed E-state index contributed by atoms with van der Waals surface area (Å²) in [4.78, 5) is 34.1. The highest BCUT2D eigenvalue weighted by atomic mass is 16.6. The zero-order chi connectivity index (χ0) is 19.6. The smallest absolute Gasteiger partial charge is 0.344 e. The highest BCUT2D eigenvalue weighted by Gasteiger charge is 2.09. The number of anilines is 1. The highest BCUT2D eigenvalue weighted by Crippen LogP contribution is 2.20. The van der Waals surface area contributed by atoms with Crippen LogP contribution in [0.25, 0.3) is 0 Å². The molecule has 0 bridgehead atoms. The zero-order valence-electron chi connectivity index (χ0n) is 15.4. The van der Waals surface area contributed by atoms with Gasteiger partial charge in [0, 0.05) is 11.3 Å². The Balaban J connectivity index is 1.72. The van der Waals surface area contributed by atoms with Gasteiger partial charge in [0.25, 0.3) is 5.91 Å². The van der Waals surface area contributed by atoms with Crippen LogP contribution in [0.2, 0.25) is 0 Å². The molecule has 6 heteroatoms. The Hall–Kier alpha value is -3.15. The van der Waals surface area contributed by atoms with Gasteiger partial charge in [-0.15, -0.1) is 0 Å². The summed E-state index contributed by atoms with van der Waals surface area (Å²) in [5.74, 6) is -0.180. The van der Waals surface area contributed by atoms with Gasteiger partial charge in [-0.1, -0.05) is 26.0 Å². The quantitative estimate of drug-likeness (QED) is 0.540. The van der Waals surface area contributed by atoms with Crippen LogP contribution in [-0.4, -0.2) is 31.4 Å². The number of benzene rings is 2. The van der Waals surface area contributed by atoms with Crippen molar-refractivity contribution < 1.29 is 23.9 Å². The molecule has 0 aromatic heterocycles. The first-order valence-electron chi connectivity index (χ1n) is 8.75. The van der Waals surface area contributed by atoms with Crippen LogP contribution >= 0.6 is 0 Å². The molecule has 0 unspecified atom stereocenters. The van der Waals surface area contributed by atoms with Crippen LogP contribution in [0.3, 0.4) is 0 Å². The molecule has 2 aromatic rings. The van der Waals surface area contributed by atoms with E-state index in [0.29, 0.717) is 29.2 Å². The number of amides is 1. The average Bonchev–Trinajstić information content (AvgIpc) is 2.71. The third-order valence-corrected chi connectivity index (χ3v) is 4.11. The Morgan fingerprint density at radius 3 is 2.30 bits per heavy atom. The Kier molecular flexibility index (Phi) is 7.55. The third kappa shape index (κ3) is 6.58. The van der Waals surface area contributed by atoms with Gasteiger partial charge < -0.3 is 14.8 Å². The molecule has 1 atom stereocenters. The fraction of sp³-hybridized carbons (Fsp3) is 0.286. The number of esters is 1. The maximum absolute atomic E-state index is 11.9. The summed E-state index contributed by atoms with van der Waals surface area (Å²) in [6, 6.07) is 13.9. The lowest BCUT2D eigenvalue weighted by Gasteiger charge is -2.11. The molecule has 0 saturated carbocycles. The summed E-state index contributed by atoms with van der Waals surface area (Å²) in [5, 5.41) is 2.68. The fourth-order valence-corrected chi connectivity index (χ4v) is 2.30. The SMILES string of the molecule is CC[C@H](C)c1ccc(NC(=O)COC(=O)COc2ccc(C=O)cc2)cc1. The fourth-order valence-electron chi connectivity index (χ4n) is 2.30. The predicted molar refractivity (Wildman–Crippen MR) is 102 cm³/mol. The van der Waals surface area contributed by atoms with Crippen LogP contribution in [0, 0.1) is 0 Å². The molecule has 0 spiro atoms. The molecule has 0 radical (unpaired) electrons. The lowest BCUT2D eigenvalue weighted by molar-refractivity contribution is -0.149. The van der Waals surface area contributed by atoms with Gasteiger partial charge in [0.1, 0.15) is 12.0 Å². The number of hydrogen-bond acceptors (Lipinski definition) is 5. The van der Waals surface area contributed by atoms with Crippen molar-refractivity contribution in [2.45, 2.75) is 26.2 Å². The van der Waals surface area contributed by atoms with Gasteiger partial charge in [-0.2, -0.15) is 0 Å². The average molecular weight is 369 g/mol. The lowest BCUT2D eigenvalue weighted by atomic mass is 9.99. The van der Waals surface area contributed by atoms with E-state index in [1.807, 2.05) is 24.3 Å². The predicted octanol–water partition coefficient (Wildman–Crippen LogP) is 3.57. The number of carbonyl (C=O) groups excluding carboxylic acids is 3. The van der Waals surface area contributed by atoms with Crippen molar-refractivity contribution in [3.8, 4) is 5.75 Å². The molecule has 142 valence electrons. The van der Waals surface area contributed by atoms with E-state index in [-0.39, 0.29) is 13.2 Å². The maximum atomic E-state index is 11.9. The summed E-state index contributed by atoms with van der Waals surface area (Å²) < 4.78 is 10.1. The molecular formula is C21H23NO5. The van der Waals surface area contributed by atoms with Crippen LogP contribution < -0.4 is 10.1 Å². The van der Waals surface area contributed by atoms with E-state index in [1.165, 1.54) is 5.56 Å². The maximum Gasteiger partial charge on any atom is 0.344 e. The molecule has 2 rings (SSSR count). The molecule has 0 saturated heterocycles. The van der Waals surface area contributed by atoms with Crippen molar-refractivity contribution in [1.82, 2.24) is 0 Å². The first-order valence-corrected chi connectivity index (χ1v) is 8.75. The Bertz CT molecular complexity index is 768. The van der Waals surface area contributed by atoms with Crippen molar-refractivity contribution >= 4 is 23.9 Å². The Morgan fingerprint density at radius 1 is 1.04 bits per heavy atom. The van der Waals surface area contributed by atoms with E-state index < -0.39 is 11.9 Å². The Morgan fingerprint density at radius 2 is 1.70 bits per heavy atom. The van der Waals surface area contributed by atoms with Crippen molar-refractivity contribution in [3.05, 3.63) is 59.7 Å². The summed E-state index contributed by atoms with van der Waals surface area (Å²) in [5.41, 5.74) is 2.37. The topological polar surface area (TPSA) is 81.7 Å². The molecule has 1 amide bonds. The van der Waals surface area contributed by atoms with Crippen molar-refractivity contribution in [2.24, 2.45) is 0 Å². The number of carbonyl (C=O) groups is 3. The molecule has 6 nitrogen and oxygen atoms in total. The summed E-state index contributed by atoms with van der Waals surface area (Å²) in [7, 11) is 0. The van der Waals surface area contributed by atoms with E-state index in [9.17, 15) is 14.4 Å². The van der Waals surface area contributed by atoms with Crippen molar-refractivity contribution in [1.29, 1.82) is 0 Å². The van der Waals surface area contributed by atoms with E-state index in [4.69, 9.17) is 9.47 Å². The van der Waals surface area contributed by atoms with E-state index in [2.05, 4.69) is 19.2 Å². The third-order valence-electron chi connectivity index (χ3n) is 4.11. The molecule has 0 heterocycles. The van der Waals surface area contributed by atoms with Gasteiger partial charge in [0.15, 0.2) is 13.2 Å². The summed E-state index contributed by atoms with van der Waals surface area (Å²) in [6.45, 7) is 3.56. The van der Waals surface area contributed by atoms with Gasteiger partial charge >= 0.3 is 5.97 Å². The molecule has 0 aliphatic rings. The lowest BCUT2D eigenvalue weighted by Crippen LogP contribution is -2.23. The second-order valence-electron chi connectivity index (χ2n) is 6.12. The summed E-state index contributed by atoms with van der Waals surface area (Å²) >= 11 is 0. The molecule has 0 aliphatic heterocycles. The van der Waals surface area contributed by atoms with Gasteiger partial charge in [0.2, 0.25) is 0 Å². The van der Waals surface area contributed by atoms with Crippen LogP contribution in [-0.2, 0) is 14.3 Å². The van der Waals surface area contributed by atoms with Gasteiger partial charge in [-0.3, -0.25) is 9.59 Å². The van der Waals surface area contributed by atoms with E-state index in [1.54, 1.807) is 24.3 Å². The number of hydrogen-bond donors (Lipinski definition) is 1. The number of aldehydes is 1. The Labute approximate surface area is 158 Å². The monoisotopic (exact) mass is 369 g/mol. The van der Waals surface area contributed by atoms with Crippen molar-refractivity contribution in [3.63, 3.8) is 0 Å². The number of ether oxygens (including phenoxy) is 2. The minimum absolute atomic E-state index is 0.322. The first-order chi connectivity index (χ1) is 13.0. The highest BCUT2D eigenvalue weighted by molar-refractivity contribution is 5.92. The number of nitrogens with one attached hydrogen (secondary N) is 1. The van der Waals surface area contributed by atoms with Crippen LogP contribution in [0.15, 0.2) is 48.5 Å². The number of rotatable bonds is 9. The second-order valence-corrected chi connectivity index (χ2v) is 6.12. The minimum Gasteiger partial charge on any atom is -0.482 e. The second kappa shape index (κ2) is 10.1. The van der Waals surface area contributed by atoms with Gasteiger partial charge in [0.05, 0.1) is 0 Å². The van der Waals surface area contributed by atoms with Gasteiger partial charge in [-0.25, -0.2) is 4.79 Å². The van der Waals surface area contributed by atoms with Crippen molar-refractivity contribution in [2.75, 3.05) is 18.5 Å². The summed E-state index contributed by atoms with van der Waals surface area (Å²) in [6.07, 6.45) is 1.76. The van der Waals surface area contributed by atoms with E-state index >= 15 is 0 Å². The molecule has 2 aromatic carbocycles. The minimum atomic E-state index is -0.656. The largest absolute Gasteiger partial charge is 0.482 e. The van der Waals surface area contributed by atoms with E-state index in [0.717, 1.165) is 6.42 Å².